The number of imidazole rings is 1. The molecule has 1 aliphatic rings. The molecule has 8 nitrogen and oxygen atoms in total. The van der Waals surface area contributed by atoms with Gasteiger partial charge < -0.3 is 4.52 Å². The van der Waals surface area contributed by atoms with E-state index in [2.05, 4.69) is 25.2 Å². The summed E-state index contributed by atoms with van der Waals surface area (Å²) in [5, 5.41) is 9.90. The van der Waals surface area contributed by atoms with E-state index in [4.69, 9.17) is 16.1 Å². The first-order valence-corrected chi connectivity index (χ1v) is 8.30. The Morgan fingerprint density at radius 1 is 1.20 bits per heavy atom. The number of hydrogen-bond acceptors (Lipinski definition) is 6. The first kappa shape index (κ1) is 13.3. The van der Waals surface area contributed by atoms with Crippen molar-refractivity contribution in [1.29, 1.82) is 0 Å². The third kappa shape index (κ3) is 1.74. The molecular formula is C16H10ClN7O. The Labute approximate surface area is 145 Å². The molecule has 4 aromatic heterocycles. The Balaban J connectivity index is 1.74. The predicted octanol–water partition coefficient (Wildman–Crippen LogP) is 3.11. The second-order valence-corrected chi connectivity index (χ2v) is 6.55. The molecule has 0 saturated heterocycles. The Morgan fingerprint density at radius 2 is 2.12 bits per heavy atom. The van der Waals surface area contributed by atoms with Crippen molar-refractivity contribution in [2.75, 3.05) is 0 Å². The molecule has 0 amide bonds. The Hall–Kier alpha value is -3.00. The molecule has 1 aliphatic carbocycles. The van der Waals surface area contributed by atoms with E-state index in [1.807, 2.05) is 22.6 Å². The van der Waals surface area contributed by atoms with Crippen LogP contribution in [0.25, 0.3) is 33.7 Å². The van der Waals surface area contributed by atoms with Gasteiger partial charge in [-0.1, -0.05) is 22.8 Å². The molecule has 0 unspecified atom stereocenters. The van der Waals surface area contributed by atoms with Crippen LogP contribution in [-0.2, 0) is 0 Å². The average Bonchev–Trinajstić information content (AvgIpc) is 3.03. The maximum atomic E-state index is 6.41. The lowest BCUT2D eigenvalue weighted by Crippen LogP contribution is -1.99. The van der Waals surface area contributed by atoms with E-state index in [-0.39, 0.29) is 0 Å². The highest BCUT2D eigenvalue weighted by atomic mass is 35.5. The van der Waals surface area contributed by atoms with Crippen molar-refractivity contribution >= 4 is 33.8 Å². The van der Waals surface area contributed by atoms with E-state index in [0.29, 0.717) is 34.0 Å². The zero-order valence-electron chi connectivity index (χ0n) is 12.8. The zero-order valence-corrected chi connectivity index (χ0v) is 13.6. The molecular weight excluding hydrogens is 342 g/mol. The molecule has 25 heavy (non-hydrogen) atoms. The van der Waals surface area contributed by atoms with Crippen LogP contribution in [0.1, 0.15) is 24.7 Å². The summed E-state index contributed by atoms with van der Waals surface area (Å²) < 4.78 is 9.02. The van der Waals surface area contributed by atoms with Crippen molar-refractivity contribution in [2.45, 2.75) is 18.8 Å². The van der Waals surface area contributed by atoms with Gasteiger partial charge in [0, 0.05) is 5.92 Å². The Morgan fingerprint density at radius 3 is 3.00 bits per heavy atom. The van der Waals surface area contributed by atoms with Crippen LogP contribution in [0.2, 0.25) is 5.02 Å². The van der Waals surface area contributed by atoms with Gasteiger partial charge in [0.25, 0.3) is 0 Å². The zero-order chi connectivity index (χ0) is 16.5. The molecule has 0 atom stereocenters. The lowest BCUT2D eigenvalue weighted by atomic mass is 10.2. The van der Waals surface area contributed by atoms with Gasteiger partial charge in [0.05, 0.1) is 15.9 Å². The van der Waals surface area contributed by atoms with Crippen molar-refractivity contribution in [1.82, 2.24) is 34.1 Å². The number of benzene rings is 1. The second-order valence-electron chi connectivity index (χ2n) is 6.15. The molecule has 1 aromatic carbocycles. The van der Waals surface area contributed by atoms with E-state index in [1.54, 1.807) is 10.8 Å². The van der Waals surface area contributed by atoms with Crippen molar-refractivity contribution in [3.05, 3.63) is 41.8 Å². The molecule has 0 spiro atoms. The second kappa shape index (κ2) is 4.54. The third-order valence-corrected chi connectivity index (χ3v) is 4.86. The minimum atomic E-state index is 0.390. The molecule has 1 saturated carbocycles. The number of nitrogens with zero attached hydrogens (tertiary/aromatic N) is 7. The van der Waals surface area contributed by atoms with Crippen molar-refractivity contribution in [3.8, 4) is 11.5 Å². The lowest BCUT2D eigenvalue weighted by Gasteiger charge is -2.06. The van der Waals surface area contributed by atoms with Gasteiger partial charge in [0.15, 0.2) is 17.0 Å². The fourth-order valence-corrected chi connectivity index (χ4v) is 3.46. The molecule has 9 heteroatoms. The van der Waals surface area contributed by atoms with Crippen molar-refractivity contribution < 1.29 is 4.52 Å². The van der Waals surface area contributed by atoms with Crippen LogP contribution < -0.4 is 0 Å². The summed E-state index contributed by atoms with van der Waals surface area (Å²) in [7, 11) is 0. The maximum absolute atomic E-state index is 6.41. The van der Waals surface area contributed by atoms with Crippen molar-refractivity contribution in [2.24, 2.45) is 0 Å². The average molecular weight is 352 g/mol. The van der Waals surface area contributed by atoms with Gasteiger partial charge in [-0.15, -0.1) is 0 Å². The Bertz CT molecular complexity index is 1280. The molecule has 4 heterocycles. The van der Waals surface area contributed by atoms with E-state index in [0.717, 1.165) is 29.4 Å². The highest BCUT2D eigenvalue weighted by molar-refractivity contribution is 6.36. The summed E-state index contributed by atoms with van der Waals surface area (Å²) in [6.07, 6.45) is 5.42. The molecule has 0 radical (unpaired) electrons. The molecule has 1 fully saturated rings. The fourth-order valence-electron chi connectivity index (χ4n) is 3.21. The van der Waals surface area contributed by atoms with Crippen LogP contribution >= 0.6 is 11.6 Å². The quantitative estimate of drug-likeness (QED) is 0.485. The lowest BCUT2D eigenvalue weighted by molar-refractivity contribution is 0.380. The van der Waals surface area contributed by atoms with Crippen molar-refractivity contribution in [3.63, 3.8) is 0 Å². The predicted molar refractivity (Wildman–Crippen MR) is 89.5 cm³/mol. The summed E-state index contributed by atoms with van der Waals surface area (Å²) in [6, 6.07) is 5.71. The maximum Gasteiger partial charge on any atom is 0.230 e. The number of halogens is 1. The number of aromatic nitrogens is 7. The van der Waals surface area contributed by atoms with Gasteiger partial charge in [-0.2, -0.15) is 14.6 Å². The topological polar surface area (TPSA) is 86.4 Å². The summed E-state index contributed by atoms with van der Waals surface area (Å²) in [6.45, 7) is 0. The first-order valence-electron chi connectivity index (χ1n) is 7.92. The van der Waals surface area contributed by atoms with E-state index >= 15 is 0 Å². The van der Waals surface area contributed by atoms with Gasteiger partial charge >= 0.3 is 0 Å². The SMILES string of the molecule is Clc1cccc2c1c1ncnn1c1c(-c3noc(C4CC4)n3)ncn21. The van der Waals surface area contributed by atoms with Gasteiger partial charge in [-0.25, -0.2) is 9.97 Å². The van der Waals surface area contributed by atoms with Crippen LogP contribution in [0, 0.1) is 0 Å². The largest absolute Gasteiger partial charge is 0.339 e. The Kier molecular flexibility index (Phi) is 2.42. The first-order chi connectivity index (χ1) is 12.3. The minimum absolute atomic E-state index is 0.390. The van der Waals surface area contributed by atoms with Crippen LogP contribution in [0.15, 0.2) is 35.4 Å². The van der Waals surface area contributed by atoms with E-state index in [1.165, 1.54) is 6.33 Å². The number of rotatable bonds is 2. The van der Waals surface area contributed by atoms with Gasteiger partial charge in [0.1, 0.15) is 12.7 Å². The third-order valence-electron chi connectivity index (χ3n) is 4.55. The van der Waals surface area contributed by atoms with Crippen LogP contribution in [-0.4, -0.2) is 34.1 Å². The van der Waals surface area contributed by atoms with Crippen LogP contribution in [0.5, 0.6) is 0 Å². The molecule has 6 rings (SSSR count). The van der Waals surface area contributed by atoms with Gasteiger partial charge in [0.2, 0.25) is 11.7 Å². The van der Waals surface area contributed by atoms with Crippen LogP contribution in [0.4, 0.5) is 0 Å². The standard InChI is InChI=1S/C16H10ClN7O/c17-9-2-1-3-10-11(9)14-18-6-20-24(14)16-12(19-7-23(10)16)13-21-15(25-22-13)8-4-5-8/h1-3,6-8H,4-5H2. The molecule has 5 aromatic rings. The smallest absolute Gasteiger partial charge is 0.230 e. The van der Waals surface area contributed by atoms with E-state index < -0.39 is 0 Å². The number of hydrogen-bond donors (Lipinski definition) is 0. The summed E-state index contributed by atoms with van der Waals surface area (Å²) in [5.41, 5.74) is 2.90. The highest BCUT2D eigenvalue weighted by Crippen LogP contribution is 2.40. The molecule has 0 N–H and O–H groups in total. The normalized spacial score (nSPS) is 14.9. The van der Waals surface area contributed by atoms with E-state index in [9.17, 15) is 0 Å². The molecule has 0 bridgehead atoms. The summed E-state index contributed by atoms with van der Waals surface area (Å²) in [5.74, 6) is 1.53. The highest BCUT2D eigenvalue weighted by Gasteiger charge is 2.30. The summed E-state index contributed by atoms with van der Waals surface area (Å²) >= 11 is 6.41. The van der Waals surface area contributed by atoms with Gasteiger partial charge in [-0.3, -0.25) is 4.40 Å². The van der Waals surface area contributed by atoms with Gasteiger partial charge in [-0.05, 0) is 25.0 Å². The number of fused-ring (bicyclic) bond motifs is 6. The van der Waals surface area contributed by atoms with Crippen LogP contribution in [0.3, 0.4) is 0 Å². The molecule has 122 valence electrons. The monoisotopic (exact) mass is 351 g/mol. The summed E-state index contributed by atoms with van der Waals surface area (Å²) in [4.78, 5) is 13.4. The fraction of sp³-hybridized carbons (Fsp3) is 0.188. The molecule has 0 aliphatic heterocycles. The minimum Gasteiger partial charge on any atom is -0.339 e.